The molecule has 1 heterocycles. The van der Waals surface area contributed by atoms with E-state index in [0.717, 1.165) is 11.1 Å². The van der Waals surface area contributed by atoms with Crippen LogP contribution in [0.2, 0.25) is 0 Å². The van der Waals surface area contributed by atoms with Crippen LogP contribution in [0.25, 0.3) is 11.0 Å². The number of ether oxygens (including phenoxy) is 3. The first-order valence-corrected chi connectivity index (χ1v) is 13.4. The van der Waals surface area contributed by atoms with Crippen molar-refractivity contribution >= 4 is 22.8 Å². The summed E-state index contributed by atoms with van der Waals surface area (Å²) in [6.45, 7) is 5.90. The number of benzene rings is 3. The van der Waals surface area contributed by atoms with Gasteiger partial charge >= 0.3 is 0 Å². The van der Waals surface area contributed by atoms with Crippen molar-refractivity contribution in [2.24, 2.45) is 0 Å². The van der Waals surface area contributed by atoms with Crippen molar-refractivity contribution in [3.8, 4) is 17.2 Å². The first-order valence-electron chi connectivity index (χ1n) is 13.4. The molecule has 0 aliphatic carbocycles. The Hall–Kier alpha value is -4.60. The van der Waals surface area contributed by atoms with Gasteiger partial charge in [-0.15, -0.1) is 5.10 Å². The van der Waals surface area contributed by atoms with Crippen molar-refractivity contribution in [1.29, 1.82) is 0 Å². The van der Waals surface area contributed by atoms with Crippen LogP contribution in [-0.2, 0) is 22.7 Å². The summed E-state index contributed by atoms with van der Waals surface area (Å²) in [7, 11) is 4.67. The van der Waals surface area contributed by atoms with Gasteiger partial charge in [0.15, 0.2) is 0 Å². The second-order valence-corrected chi connectivity index (χ2v) is 10.3. The Morgan fingerprint density at radius 2 is 1.68 bits per heavy atom. The molecule has 4 aromatic rings. The minimum absolute atomic E-state index is 0.121. The minimum atomic E-state index is -1.03. The highest BCUT2D eigenvalue weighted by molar-refractivity contribution is 5.90. The van der Waals surface area contributed by atoms with Gasteiger partial charge in [-0.1, -0.05) is 36.4 Å². The molecule has 0 fully saturated rings. The van der Waals surface area contributed by atoms with Crippen LogP contribution in [0.15, 0.2) is 66.7 Å². The highest BCUT2D eigenvalue weighted by Gasteiger charge is 2.36. The highest BCUT2D eigenvalue weighted by atomic mass is 16.5. The predicted molar refractivity (Wildman–Crippen MR) is 156 cm³/mol. The fourth-order valence-corrected chi connectivity index (χ4v) is 4.53. The van der Waals surface area contributed by atoms with Crippen LogP contribution < -0.4 is 19.5 Å². The van der Waals surface area contributed by atoms with E-state index in [2.05, 4.69) is 15.6 Å². The second kappa shape index (κ2) is 12.7. The van der Waals surface area contributed by atoms with E-state index in [1.807, 2.05) is 69.3 Å². The molecule has 4 rings (SSSR count). The fourth-order valence-electron chi connectivity index (χ4n) is 4.53. The number of para-hydroxylation sites is 1. The number of hydrogen-bond acceptors (Lipinski definition) is 7. The van der Waals surface area contributed by atoms with Gasteiger partial charge in [0.1, 0.15) is 35.4 Å². The van der Waals surface area contributed by atoms with Crippen LogP contribution in [0.3, 0.4) is 0 Å². The van der Waals surface area contributed by atoms with Gasteiger partial charge in [-0.25, -0.2) is 4.68 Å². The predicted octanol–water partition coefficient (Wildman–Crippen LogP) is 4.53. The lowest BCUT2D eigenvalue weighted by atomic mass is 9.97. The summed E-state index contributed by atoms with van der Waals surface area (Å²) in [6.07, 6.45) is 0.694. The molecule has 0 saturated heterocycles. The molecule has 0 aliphatic heterocycles. The van der Waals surface area contributed by atoms with Crippen LogP contribution in [0.5, 0.6) is 17.2 Å². The molecule has 10 heteroatoms. The molecule has 0 bridgehead atoms. The highest BCUT2D eigenvalue weighted by Crippen LogP contribution is 2.35. The van der Waals surface area contributed by atoms with Crippen LogP contribution in [0.1, 0.15) is 44.4 Å². The van der Waals surface area contributed by atoms with Gasteiger partial charge in [0, 0.05) is 23.7 Å². The number of hydrogen-bond donors (Lipinski definition) is 1. The lowest BCUT2D eigenvalue weighted by Crippen LogP contribution is -2.50. The number of fused-ring (bicyclic) bond motifs is 1. The molecule has 0 unspecified atom stereocenters. The maximum Gasteiger partial charge on any atom is 0.248 e. The van der Waals surface area contributed by atoms with Crippen molar-refractivity contribution in [3.05, 3.63) is 77.9 Å². The van der Waals surface area contributed by atoms with Gasteiger partial charge in [0.05, 0.1) is 26.8 Å². The molecule has 216 valence electrons. The molecule has 41 heavy (non-hydrogen) atoms. The van der Waals surface area contributed by atoms with Crippen molar-refractivity contribution in [2.45, 2.75) is 51.9 Å². The average Bonchev–Trinajstić information content (AvgIpc) is 3.39. The summed E-state index contributed by atoms with van der Waals surface area (Å²) >= 11 is 0. The Morgan fingerprint density at radius 3 is 2.39 bits per heavy atom. The number of carbonyl (C=O) groups is 2. The Kier molecular flexibility index (Phi) is 9.11. The number of nitrogens with zero attached hydrogens (tertiary/aromatic N) is 4. The lowest BCUT2D eigenvalue weighted by molar-refractivity contribution is -0.143. The van der Waals surface area contributed by atoms with Crippen LogP contribution >= 0.6 is 0 Å². The zero-order chi connectivity index (χ0) is 29.6. The number of methoxy groups -OCH3 is 3. The summed E-state index contributed by atoms with van der Waals surface area (Å²) in [6, 6.07) is 19.0. The summed E-state index contributed by atoms with van der Waals surface area (Å²) in [5.41, 5.74) is 2.20. The molecule has 1 aromatic heterocycles. The number of rotatable bonds is 12. The molecule has 1 atom stereocenters. The molecule has 0 radical (unpaired) electrons. The first-order chi connectivity index (χ1) is 19.7. The van der Waals surface area contributed by atoms with E-state index in [9.17, 15) is 9.59 Å². The molecule has 0 aliphatic rings. The zero-order valence-corrected chi connectivity index (χ0v) is 24.4. The Bertz CT molecular complexity index is 1520. The molecule has 0 saturated carbocycles. The smallest absolute Gasteiger partial charge is 0.248 e. The molecular weight excluding hydrogens is 522 g/mol. The molecular formula is C31H37N5O5. The van der Waals surface area contributed by atoms with E-state index < -0.39 is 11.6 Å². The van der Waals surface area contributed by atoms with Gasteiger partial charge in [0.2, 0.25) is 11.8 Å². The summed E-state index contributed by atoms with van der Waals surface area (Å²) in [5.74, 6) is 0.981. The Labute approximate surface area is 240 Å². The van der Waals surface area contributed by atoms with E-state index in [1.54, 1.807) is 42.0 Å². The van der Waals surface area contributed by atoms with E-state index in [-0.39, 0.29) is 24.9 Å². The van der Waals surface area contributed by atoms with Crippen molar-refractivity contribution in [1.82, 2.24) is 25.2 Å². The normalized spacial score (nSPS) is 12.0. The molecule has 2 amide bonds. The third-order valence-electron chi connectivity index (χ3n) is 7.15. The van der Waals surface area contributed by atoms with Gasteiger partial charge < -0.3 is 24.4 Å². The summed E-state index contributed by atoms with van der Waals surface area (Å²) in [5, 5.41) is 11.5. The number of amides is 2. The SMILES string of the molecule is CCC(C)(C)NC(=O)[C@H](c1ccc(OC)cc1OC)N(Cc1cccc(OC)c1)C(=O)Cn1nnc2ccccc21. The number of aromatic nitrogens is 3. The van der Waals surface area contributed by atoms with E-state index in [4.69, 9.17) is 14.2 Å². The van der Waals surface area contributed by atoms with E-state index in [1.165, 1.54) is 7.11 Å². The largest absolute Gasteiger partial charge is 0.497 e. The van der Waals surface area contributed by atoms with Crippen molar-refractivity contribution in [2.75, 3.05) is 21.3 Å². The van der Waals surface area contributed by atoms with Crippen molar-refractivity contribution < 1.29 is 23.8 Å². The van der Waals surface area contributed by atoms with Crippen molar-refractivity contribution in [3.63, 3.8) is 0 Å². The quantitative estimate of drug-likeness (QED) is 0.272. The zero-order valence-electron chi connectivity index (χ0n) is 24.4. The van der Waals surface area contributed by atoms with E-state index >= 15 is 0 Å². The second-order valence-electron chi connectivity index (χ2n) is 10.3. The van der Waals surface area contributed by atoms with Gasteiger partial charge in [0.25, 0.3) is 0 Å². The monoisotopic (exact) mass is 559 g/mol. The fraction of sp³-hybridized carbons (Fsp3) is 0.355. The number of nitrogens with one attached hydrogen (secondary N) is 1. The van der Waals surface area contributed by atoms with Gasteiger partial charge in [-0.05, 0) is 62.2 Å². The Morgan fingerprint density at radius 1 is 0.951 bits per heavy atom. The third kappa shape index (κ3) is 6.77. The lowest BCUT2D eigenvalue weighted by Gasteiger charge is -2.35. The third-order valence-corrected chi connectivity index (χ3v) is 7.15. The van der Waals surface area contributed by atoms with E-state index in [0.29, 0.717) is 34.7 Å². The van der Waals surface area contributed by atoms with Crippen LogP contribution in [0.4, 0.5) is 0 Å². The minimum Gasteiger partial charge on any atom is -0.497 e. The molecule has 1 N–H and O–H groups in total. The number of carbonyl (C=O) groups excluding carboxylic acids is 2. The van der Waals surface area contributed by atoms with Crippen LogP contribution in [0, 0.1) is 0 Å². The average molecular weight is 560 g/mol. The molecule has 3 aromatic carbocycles. The molecule has 10 nitrogen and oxygen atoms in total. The first kappa shape index (κ1) is 29.4. The van der Waals surface area contributed by atoms with Crippen LogP contribution in [-0.4, -0.2) is 58.6 Å². The standard InChI is InChI=1S/C31H37N5O5/c1-7-31(2,3)32-30(38)29(24-16-15-23(40-5)18-27(24)41-6)35(19-21-11-10-12-22(17-21)39-4)28(37)20-36-26-14-9-8-13-25(26)33-34-36/h8-18,29H,7,19-20H2,1-6H3,(H,32,38)/t29-/m0/s1. The maximum absolute atomic E-state index is 14.3. The maximum atomic E-state index is 14.3. The topological polar surface area (TPSA) is 108 Å². The summed E-state index contributed by atoms with van der Waals surface area (Å²) in [4.78, 5) is 30.0. The Balaban J connectivity index is 1.85. The van der Waals surface area contributed by atoms with Gasteiger partial charge in [-0.2, -0.15) is 0 Å². The summed E-state index contributed by atoms with van der Waals surface area (Å²) < 4.78 is 18.1. The van der Waals surface area contributed by atoms with Gasteiger partial charge in [-0.3, -0.25) is 9.59 Å². The molecule has 0 spiro atoms.